The quantitative estimate of drug-likeness (QED) is 0.927. The van der Waals surface area contributed by atoms with E-state index in [0.717, 1.165) is 31.2 Å². The molecule has 21 heavy (non-hydrogen) atoms. The predicted molar refractivity (Wildman–Crippen MR) is 80.7 cm³/mol. The lowest BCUT2D eigenvalue weighted by Gasteiger charge is -2.52. The van der Waals surface area contributed by atoms with Crippen LogP contribution in [-0.2, 0) is 15.8 Å². The van der Waals surface area contributed by atoms with Crippen molar-refractivity contribution in [2.75, 3.05) is 13.2 Å². The first-order valence-electron chi connectivity index (χ1n) is 7.73. The molecule has 1 aliphatic carbocycles. The van der Waals surface area contributed by atoms with E-state index in [1.54, 1.807) is 0 Å². The summed E-state index contributed by atoms with van der Waals surface area (Å²) in [6.45, 7) is 4.77. The van der Waals surface area contributed by atoms with Crippen LogP contribution in [-0.4, -0.2) is 18.3 Å². The highest BCUT2D eigenvalue weighted by Gasteiger charge is 2.50. The van der Waals surface area contributed by atoms with E-state index in [2.05, 4.69) is 30.3 Å². The van der Waals surface area contributed by atoms with Crippen LogP contribution in [0.2, 0.25) is 0 Å². The number of aliphatic hydroxyl groups is 1. The number of hydrogen-bond donors (Lipinski definition) is 1. The molecule has 0 aromatic heterocycles. The second-order valence-electron chi connectivity index (χ2n) is 7.26. The first-order valence-corrected chi connectivity index (χ1v) is 7.73. The predicted octanol–water partition coefficient (Wildman–Crippen LogP) is 3.27. The second kappa shape index (κ2) is 4.83. The van der Waals surface area contributed by atoms with E-state index >= 15 is 0 Å². The fourth-order valence-electron chi connectivity index (χ4n) is 3.60. The minimum atomic E-state index is -0.456. The maximum Gasteiger partial charge on any atom is 0.0932 e. The van der Waals surface area contributed by atoms with Crippen molar-refractivity contribution in [2.45, 2.75) is 50.5 Å². The molecular formula is C18H23NO2. The highest BCUT2D eigenvalue weighted by molar-refractivity contribution is 5.35. The molecule has 0 amide bonds. The zero-order chi connectivity index (χ0) is 15.1. The highest BCUT2D eigenvalue weighted by atomic mass is 16.5. The first kappa shape index (κ1) is 14.6. The number of nitrogens with zero attached hydrogens (tertiary/aromatic N) is 1. The van der Waals surface area contributed by atoms with Crippen LogP contribution in [0.5, 0.6) is 0 Å². The Kier molecular flexibility index (Phi) is 3.35. The zero-order valence-electron chi connectivity index (χ0n) is 12.9. The molecule has 2 heterocycles. The van der Waals surface area contributed by atoms with Crippen molar-refractivity contribution in [1.29, 1.82) is 5.26 Å². The van der Waals surface area contributed by atoms with Crippen molar-refractivity contribution in [2.24, 2.45) is 5.41 Å². The summed E-state index contributed by atoms with van der Waals surface area (Å²) in [7, 11) is 0. The Morgan fingerprint density at radius 1 is 1.19 bits per heavy atom. The lowest BCUT2D eigenvalue weighted by molar-refractivity contribution is -0.199. The lowest BCUT2D eigenvalue weighted by Crippen LogP contribution is -2.50. The van der Waals surface area contributed by atoms with Crippen LogP contribution in [0.4, 0.5) is 0 Å². The summed E-state index contributed by atoms with van der Waals surface area (Å²) in [5.41, 5.74) is 1.63. The van der Waals surface area contributed by atoms with Crippen LogP contribution < -0.4 is 0 Å². The highest BCUT2D eigenvalue weighted by Crippen LogP contribution is 2.53. The van der Waals surface area contributed by atoms with E-state index < -0.39 is 5.41 Å². The van der Waals surface area contributed by atoms with Crippen LogP contribution >= 0.6 is 0 Å². The van der Waals surface area contributed by atoms with E-state index in [1.807, 2.05) is 13.8 Å². The van der Waals surface area contributed by atoms with E-state index in [-0.39, 0.29) is 17.6 Å². The minimum Gasteiger partial charge on any atom is -0.396 e. The fraction of sp³-hybridized carbons (Fsp3) is 0.611. The van der Waals surface area contributed by atoms with Gasteiger partial charge in [-0.15, -0.1) is 0 Å². The van der Waals surface area contributed by atoms with Gasteiger partial charge in [-0.25, -0.2) is 0 Å². The van der Waals surface area contributed by atoms with Crippen molar-refractivity contribution in [3.05, 3.63) is 35.4 Å². The number of fused-ring (bicyclic) bond motifs is 3. The van der Waals surface area contributed by atoms with Crippen LogP contribution in [0.15, 0.2) is 24.3 Å². The first-order chi connectivity index (χ1) is 9.95. The number of benzene rings is 1. The van der Waals surface area contributed by atoms with Crippen LogP contribution in [0.25, 0.3) is 0 Å². The molecule has 0 radical (unpaired) electrons. The van der Waals surface area contributed by atoms with Gasteiger partial charge in [-0.05, 0) is 50.7 Å². The molecule has 0 atom stereocenters. The second-order valence-corrected chi connectivity index (χ2v) is 7.26. The maximum absolute atomic E-state index is 9.56. The third-order valence-electron chi connectivity index (χ3n) is 5.52. The monoisotopic (exact) mass is 285 g/mol. The average Bonchev–Trinajstić information content (AvgIpc) is 2.56. The number of nitriles is 1. The van der Waals surface area contributed by atoms with Gasteiger partial charge in [-0.3, -0.25) is 0 Å². The van der Waals surface area contributed by atoms with Crippen LogP contribution in [0.1, 0.15) is 50.7 Å². The van der Waals surface area contributed by atoms with Crippen molar-refractivity contribution < 1.29 is 9.84 Å². The summed E-state index contributed by atoms with van der Waals surface area (Å²) in [6.07, 6.45) is 4.03. The molecule has 3 heteroatoms. The smallest absolute Gasteiger partial charge is 0.0932 e. The third kappa shape index (κ3) is 2.27. The van der Waals surface area contributed by atoms with Crippen LogP contribution in [0.3, 0.4) is 0 Å². The number of aliphatic hydroxyl groups excluding tert-OH is 1. The SMILES string of the molecule is CC(C)(C#N)c1ccc(C23CCC(CO)(CC2)CO3)cc1. The molecule has 3 fully saturated rings. The van der Waals surface area contributed by atoms with E-state index in [0.29, 0.717) is 6.61 Å². The molecule has 0 spiro atoms. The Labute approximate surface area is 126 Å². The van der Waals surface area contributed by atoms with Gasteiger partial charge >= 0.3 is 0 Å². The van der Waals surface area contributed by atoms with Crippen molar-refractivity contribution in [1.82, 2.24) is 0 Å². The molecule has 1 aromatic rings. The topological polar surface area (TPSA) is 53.2 Å². The minimum absolute atomic E-state index is 0.00445. The molecule has 2 bridgehead atoms. The summed E-state index contributed by atoms with van der Waals surface area (Å²) in [4.78, 5) is 0. The third-order valence-corrected chi connectivity index (χ3v) is 5.52. The molecule has 1 saturated carbocycles. The standard InChI is InChI=1S/C18H23NO2/c1-16(2,11-19)14-3-5-15(6-4-14)18-9-7-17(12-20,8-10-18)13-21-18/h3-6,20H,7-10,12-13H2,1-2H3. The van der Waals surface area contributed by atoms with Crippen molar-refractivity contribution in [3.63, 3.8) is 0 Å². The molecule has 2 saturated heterocycles. The van der Waals surface area contributed by atoms with E-state index in [4.69, 9.17) is 4.74 Å². The molecular weight excluding hydrogens is 262 g/mol. The summed E-state index contributed by atoms with van der Waals surface area (Å²) < 4.78 is 6.17. The van der Waals surface area contributed by atoms with Crippen molar-refractivity contribution >= 4 is 0 Å². The van der Waals surface area contributed by atoms with Gasteiger partial charge in [0.15, 0.2) is 0 Å². The molecule has 3 nitrogen and oxygen atoms in total. The molecule has 0 unspecified atom stereocenters. The van der Waals surface area contributed by atoms with E-state index in [9.17, 15) is 10.4 Å². The lowest BCUT2D eigenvalue weighted by atomic mass is 9.64. The normalized spacial score (nSPS) is 31.9. The number of hydrogen-bond acceptors (Lipinski definition) is 3. The summed E-state index contributed by atoms with van der Waals surface area (Å²) in [6, 6.07) is 10.7. The zero-order valence-corrected chi connectivity index (χ0v) is 12.9. The Balaban J connectivity index is 1.85. The van der Waals surface area contributed by atoms with Crippen LogP contribution in [0, 0.1) is 16.7 Å². The Morgan fingerprint density at radius 2 is 1.81 bits per heavy atom. The van der Waals surface area contributed by atoms with E-state index in [1.165, 1.54) is 5.56 Å². The number of rotatable bonds is 3. The average molecular weight is 285 g/mol. The maximum atomic E-state index is 9.56. The Hall–Kier alpha value is -1.37. The van der Waals surface area contributed by atoms with Gasteiger partial charge in [0.25, 0.3) is 0 Å². The molecule has 2 aliphatic heterocycles. The molecule has 3 aliphatic rings. The number of ether oxygens (including phenoxy) is 1. The van der Waals surface area contributed by atoms with Gasteiger partial charge < -0.3 is 9.84 Å². The van der Waals surface area contributed by atoms with Gasteiger partial charge in [-0.2, -0.15) is 5.26 Å². The van der Waals surface area contributed by atoms with Gasteiger partial charge in [0.2, 0.25) is 0 Å². The molecule has 112 valence electrons. The fourth-order valence-corrected chi connectivity index (χ4v) is 3.60. The Bertz CT molecular complexity index is 543. The summed E-state index contributed by atoms with van der Waals surface area (Å²) in [5, 5.41) is 18.8. The van der Waals surface area contributed by atoms with Gasteiger partial charge in [0.1, 0.15) is 0 Å². The van der Waals surface area contributed by atoms with Gasteiger partial charge in [0.05, 0.1) is 30.3 Å². The van der Waals surface area contributed by atoms with Gasteiger partial charge in [0, 0.05) is 5.41 Å². The summed E-state index contributed by atoms with van der Waals surface area (Å²) in [5.74, 6) is 0. The molecule has 1 aromatic carbocycles. The van der Waals surface area contributed by atoms with Crippen molar-refractivity contribution in [3.8, 4) is 6.07 Å². The molecule has 4 rings (SSSR count). The summed E-state index contributed by atoms with van der Waals surface area (Å²) >= 11 is 0. The largest absolute Gasteiger partial charge is 0.396 e. The molecule has 1 N–H and O–H groups in total. The van der Waals surface area contributed by atoms with Gasteiger partial charge in [-0.1, -0.05) is 24.3 Å². The Morgan fingerprint density at radius 3 is 2.24 bits per heavy atom.